The van der Waals surface area contributed by atoms with Gasteiger partial charge in [0.05, 0.1) is 18.2 Å². The highest BCUT2D eigenvalue weighted by atomic mass is 16.3. The summed E-state index contributed by atoms with van der Waals surface area (Å²) >= 11 is 0. The Labute approximate surface area is 163 Å². The summed E-state index contributed by atoms with van der Waals surface area (Å²) in [6.45, 7) is 8.49. The first-order chi connectivity index (χ1) is 13.0. The van der Waals surface area contributed by atoms with Crippen LogP contribution in [0.25, 0.3) is 0 Å². The van der Waals surface area contributed by atoms with Crippen molar-refractivity contribution in [1.82, 2.24) is 5.32 Å². The second-order valence-electron chi connectivity index (χ2n) is 7.54. The van der Waals surface area contributed by atoms with Crippen LogP contribution >= 0.6 is 0 Å². The number of rotatable bonds is 10. The van der Waals surface area contributed by atoms with Crippen molar-refractivity contribution in [2.45, 2.75) is 57.4 Å². The number of allylic oxidation sites excluding steroid dienone is 5. The fraction of sp³-hybridized carbons (Fsp3) is 0.478. The van der Waals surface area contributed by atoms with E-state index in [1.54, 1.807) is 0 Å². The minimum Gasteiger partial charge on any atom is -0.392 e. The molecule has 0 aromatic heterocycles. The molecular weight excluding hydrogens is 336 g/mol. The van der Waals surface area contributed by atoms with Gasteiger partial charge < -0.3 is 21.3 Å². The molecular formula is C23H34N2O2. The Morgan fingerprint density at radius 2 is 2.11 bits per heavy atom. The van der Waals surface area contributed by atoms with E-state index in [9.17, 15) is 10.2 Å². The molecule has 0 aliphatic heterocycles. The van der Waals surface area contributed by atoms with Gasteiger partial charge in [0.1, 0.15) is 0 Å². The van der Waals surface area contributed by atoms with E-state index in [0.717, 1.165) is 12.0 Å². The lowest BCUT2D eigenvalue weighted by Gasteiger charge is -2.31. The second kappa shape index (κ2) is 10.6. The molecule has 0 saturated carbocycles. The van der Waals surface area contributed by atoms with Crippen LogP contribution in [0.15, 0.2) is 60.7 Å². The van der Waals surface area contributed by atoms with Gasteiger partial charge in [-0.25, -0.2) is 0 Å². The molecule has 4 nitrogen and oxygen atoms in total. The Bertz CT molecular complexity index is 668. The van der Waals surface area contributed by atoms with Gasteiger partial charge in [0.15, 0.2) is 0 Å². The molecule has 4 heteroatoms. The maximum absolute atomic E-state index is 10.5. The summed E-state index contributed by atoms with van der Waals surface area (Å²) in [4.78, 5) is 0. The third-order valence-corrected chi connectivity index (χ3v) is 5.36. The number of aliphatic hydroxyl groups excluding tert-OH is 2. The van der Waals surface area contributed by atoms with Gasteiger partial charge in [-0.1, -0.05) is 60.7 Å². The van der Waals surface area contributed by atoms with Gasteiger partial charge in [-0.05, 0) is 43.7 Å². The molecule has 0 bridgehead atoms. The predicted octanol–water partition coefficient (Wildman–Crippen LogP) is 3.03. The fourth-order valence-electron chi connectivity index (χ4n) is 3.81. The zero-order chi connectivity index (χ0) is 19.8. The largest absolute Gasteiger partial charge is 0.392 e. The zero-order valence-corrected chi connectivity index (χ0v) is 16.5. The molecule has 1 aromatic carbocycles. The first kappa shape index (κ1) is 21.6. The van der Waals surface area contributed by atoms with E-state index in [4.69, 9.17) is 5.73 Å². The molecule has 5 N–H and O–H groups in total. The van der Waals surface area contributed by atoms with Crippen molar-refractivity contribution < 1.29 is 10.2 Å². The van der Waals surface area contributed by atoms with Gasteiger partial charge in [-0.3, -0.25) is 0 Å². The van der Waals surface area contributed by atoms with E-state index in [0.29, 0.717) is 12.8 Å². The number of benzene rings is 1. The third-order valence-electron chi connectivity index (χ3n) is 5.36. The summed E-state index contributed by atoms with van der Waals surface area (Å²) in [6, 6.07) is 8.20. The number of hydrogen-bond acceptors (Lipinski definition) is 4. The van der Waals surface area contributed by atoms with Gasteiger partial charge in [0.25, 0.3) is 0 Å². The van der Waals surface area contributed by atoms with Crippen LogP contribution in [0.3, 0.4) is 0 Å². The van der Waals surface area contributed by atoms with Gasteiger partial charge in [0, 0.05) is 19.0 Å². The Hall–Kier alpha value is -1.72. The smallest absolute Gasteiger partial charge is 0.0775 e. The number of nitrogens with one attached hydrogen (secondary N) is 1. The summed E-state index contributed by atoms with van der Waals surface area (Å²) in [6.07, 6.45) is 9.02. The number of aliphatic hydroxyl groups is 2. The van der Waals surface area contributed by atoms with Gasteiger partial charge >= 0.3 is 0 Å². The maximum atomic E-state index is 10.5. The van der Waals surface area contributed by atoms with Crippen molar-refractivity contribution in [2.75, 3.05) is 6.54 Å². The summed E-state index contributed by atoms with van der Waals surface area (Å²) in [5.74, 6) is 0.172. The second-order valence-corrected chi connectivity index (χ2v) is 7.54. The quantitative estimate of drug-likeness (QED) is 0.478. The number of hydrogen-bond donors (Lipinski definition) is 4. The standard InChI is InChI=1S/C23H34N2O2/c1-4-5-6-9-16(2)12-19(13-20(26)15-24)17(3)25-23-21-11-8-7-10-18(21)14-22(23)27/h4-11,17,19-20,22-23,25-27H,2,12-15,24H2,1,3H3. The number of fused-ring (bicyclic) bond motifs is 1. The Kier molecular flexibility index (Phi) is 8.45. The molecule has 5 atom stereocenters. The summed E-state index contributed by atoms with van der Waals surface area (Å²) < 4.78 is 0. The molecule has 0 saturated heterocycles. The highest BCUT2D eigenvalue weighted by Gasteiger charge is 2.33. The van der Waals surface area contributed by atoms with Crippen LogP contribution in [0.5, 0.6) is 0 Å². The van der Waals surface area contributed by atoms with Crippen molar-refractivity contribution >= 4 is 0 Å². The van der Waals surface area contributed by atoms with Crippen LogP contribution < -0.4 is 11.1 Å². The van der Waals surface area contributed by atoms with E-state index >= 15 is 0 Å². The van der Waals surface area contributed by atoms with Crippen LogP contribution in [-0.4, -0.2) is 35.0 Å². The van der Waals surface area contributed by atoms with E-state index in [-0.39, 0.29) is 24.5 Å². The van der Waals surface area contributed by atoms with Crippen LogP contribution in [0.1, 0.15) is 43.9 Å². The van der Waals surface area contributed by atoms with Crippen LogP contribution in [-0.2, 0) is 6.42 Å². The maximum Gasteiger partial charge on any atom is 0.0775 e. The Morgan fingerprint density at radius 3 is 2.81 bits per heavy atom. The normalized spacial score (nSPS) is 22.9. The summed E-state index contributed by atoms with van der Waals surface area (Å²) in [7, 11) is 0. The molecule has 148 valence electrons. The van der Waals surface area contributed by atoms with Crippen LogP contribution in [0.4, 0.5) is 0 Å². The minimum atomic E-state index is -0.535. The lowest BCUT2D eigenvalue weighted by atomic mass is 9.87. The van der Waals surface area contributed by atoms with E-state index in [2.05, 4.69) is 31.0 Å². The average molecular weight is 371 g/mol. The fourth-order valence-corrected chi connectivity index (χ4v) is 3.81. The highest BCUT2D eigenvalue weighted by molar-refractivity contribution is 5.36. The lowest BCUT2D eigenvalue weighted by molar-refractivity contribution is 0.112. The first-order valence-electron chi connectivity index (χ1n) is 9.83. The molecule has 5 unspecified atom stereocenters. The first-order valence-corrected chi connectivity index (χ1v) is 9.83. The molecule has 0 fully saturated rings. The summed E-state index contributed by atoms with van der Waals surface area (Å²) in [5, 5.41) is 24.2. The van der Waals surface area contributed by atoms with Crippen molar-refractivity contribution in [3.05, 3.63) is 71.8 Å². The van der Waals surface area contributed by atoms with Crippen molar-refractivity contribution in [2.24, 2.45) is 11.7 Å². The van der Waals surface area contributed by atoms with Gasteiger partial charge in [-0.2, -0.15) is 0 Å². The summed E-state index contributed by atoms with van der Waals surface area (Å²) in [5.41, 5.74) is 9.03. The molecule has 1 aliphatic carbocycles. The Morgan fingerprint density at radius 1 is 1.37 bits per heavy atom. The SMILES string of the molecule is C=C(C=CC=CC)CC(CC(O)CN)C(C)NC1c2ccccc2CC1O. The van der Waals surface area contributed by atoms with Gasteiger partial charge in [-0.15, -0.1) is 0 Å². The van der Waals surface area contributed by atoms with Crippen molar-refractivity contribution in [3.8, 4) is 0 Å². The van der Waals surface area contributed by atoms with Crippen molar-refractivity contribution in [1.29, 1.82) is 0 Å². The van der Waals surface area contributed by atoms with Gasteiger partial charge in [0.2, 0.25) is 0 Å². The number of nitrogens with two attached hydrogens (primary N) is 1. The third kappa shape index (κ3) is 6.15. The van der Waals surface area contributed by atoms with Crippen molar-refractivity contribution in [3.63, 3.8) is 0 Å². The molecule has 0 radical (unpaired) electrons. The van der Waals surface area contributed by atoms with E-state index in [1.807, 2.05) is 43.4 Å². The minimum absolute atomic E-state index is 0.0828. The molecule has 0 heterocycles. The lowest BCUT2D eigenvalue weighted by Crippen LogP contribution is -2.41. The molecule has 2 rings (SSSR count). The molecule has 27 heavy (non-hydrogen) atoms. The predicted molar refractivity (Wildman–Crippen MR) is 112 cm³/mol. The van der Waals surface area contributed by atoms with E-state index in [1.165, 1.54) is 11.1 Å². The Balaban J connectivity index is 2.08. The average Bonchev–Trinajstić information content (AvgIpc) is 2.96. The molecule has 0 spiro atoms. The molecule has 0 amide bonds. The monoisotopic (exact) mass is 370 g/mol. The van der Waals surface area contributed by atoms with E-state index < -0.39 is 12.2 Å². The van der Waals surface area contributed by atoms with Crippen LogP contribution in [0.2, 0.25) is 0 Å². The molecule has 1 aliphatic rings. The topological polar surface area (TPSA) is 78.5 Å². The van der Waals surface area contributed by atoms with Crippen LogP contribution in [0, 0.1) is 5.92 Å². The zero-order valence-electron chi connectivity index (χ0n) is 16.5. The molecule has 1 aromatic rings. The highest BCUT2D eigenvalue weighted by Crippen LogP contribution is 2.33.